The Labute approximate surface area is 160 Å². The predicted octanol–water partition coefficient (Wildman–Crippen LogP) is 5.14. The van der Waals surface area contributed by atoms with Crippen LogP contribution < -0.4 is 10.5 Å². The quantitative estimate of drug-likeness (QED) is 0.531. The van der Waals surface area contributed by atoms with Crippen molar-refractivity contribution in [3.05, 3.63) is 63.4 Å². The van der Waals surface area contributed by atoms with E-state index in [1.165, 1.54) is 25.1 Å². The van der Waals surface area contributed by atoms with Crippen molar-refractivity contribution in [3.8, 4) is 11.1 Å². The summed E-state index contributed by atoms with van der Waals surface area (Å²) in [6.07, 6.45) is -4.97. The molecule has 0 saturated carbocycles. The Bertz CT molecular complexity index is 1080. The third-order valence-corrected chi connectivity index (χ3v) is 4.66. The highest BCUT2D eigenvalue weighted by molar-refractivity contribution is 9.10. The Morgan fingerprint density at radius 3 is 2.44 bits per heavy atom. The molecular weight excluding hydrogens is 427 g/mol. The molecule has 0 N–H and O–H groups in total. The van der Waals surface area contributed by atoms with Crippen LogP contribution in [0.1, 0.15) is 6.92 Å². The summed E-state index contributed by atoms with van der Waals surface area (Å²) in [5, 5.41) is 0.713. The Kier molecular flexibility index (Phi) is 5.10. The average Bonchev–Trinajstić information content (AvgIpc) is 2.61. The fourth-order valence-electron chi connectivity index (χ4n) is 2.74. The van der Waals surface area contributed by atoms with Gasteiger partial charge in [-0.3, -0.25) is 4.79 Å². The number of hydrogen-bond acceptors (Lipinski definition) is 3. The van der Waals surface area contributed by atoms with Crippen LogP contribution in [0.2, 0.25) is 0 Å². The van der Waals surface area contributed by atoms with Gasteiger partial charge in [-0.2, -0.15) is 13.2 Å². The van der Waals surface area contributed by atoms with Crippen LogP contribution in [0.4, 0.5) is 18.9 Å². The highest BCUT2D eigenvalue weighted by Crippen LogP contribution is 2.33. The molecule has 27 heavy (non-hydrogen) atoms. The molecule has 0 fully saturated rings. The lowest BCUT2D eigenvalue weighted by Crippen LogP contribution is -2.41. The zero-order valence-electron chi connectivity index (χ0n) is 14.0. The van der Waals surface area contributed by atoms with Crippen LogP contribution in [-0.2, 0) is 4.79 Å². The lowest BCUT2D eigenvalue weighted by Gasteiger charge is -2.22. The summed E-state index contributed by atoms with van der Waals surface area (Å²) < 4.78 is 43.9. The number of para-hydroxylation sites is 1. The highest BCUT2D eigenvalue weighted by atomic mass is 79.9. The first-order valence-corrected chi connectivity index (χ1v) is 8.73. The summed E-state index contributed by atoms with van der Waals surface area (Å²) in [6.45, 7) is 1.30. The first-order chi connectivity index (χ1) is 12.7. The van der Waals surface area contributed by atoms with Crippen molar-refractivity contribution in [2.45, 2.75) is 13.1 Å². The molecule has 8 heteroatoms. The van der Waals surface area contributed by atoms with Crippen LogP contribution in [0.15, 0.2) is 62.2 Å². The molecule has 1 heterocycles. The maximum Gasteiger partial charge on any atom is 0.471 e. The van der Waals surface area contributed by atoms with E-state index in [-0.39, 0.29) is 17.8 Å². The van der Waals surface area contributed by atoms with Gasteiger partial charge in [-0.05, 0) is 31.2 Å². The van der Waals surface area contributed by atoms with Crippen LogP contribution in [0.5, 0.6) is 0 Å². The van der Waals surface area contributed by atoms with Gasteiger partial charge < -0.3 is 9.32 Å². The Hall–Kier alpha value is -2.61. The highest BCUT2D eigenvalue weighted by Gasteiger charge is 2.42. The number of amides is 1. The van der Waals surface area contributed by atoms with Gasteiger partial charge in [-0.15, -0.1) is 0 Å². The molecule has 2 aromatic carbocycles. The molecule has 0 unspecified atom stereocenters. The van der Waals surface area contributed by atoms with Crippen molar-refractivity contribution in [2.24, 2.45) is 0 Å². The third-order valence-electron chi connectivity index (χ3n) is 4.00. The van der Waals surface area contributed by atoms with E-state index >= 15 is 0 Å². The fourth-order valence-corrected chi connectivity index (χ4v) is 3.32. The molecule has 0 radical (unpaired) electrons. The number of hydrogen-bond donors (Lipinski definition) is 0. The first kappa shape index (κ1) is 19.2. The number of benzene rings is 2. The topological polar surface area (TPSA) is 50.5 Å². The van der Waals surface area contributed by atoms with Crippen molar-refractivity contribution in [2.75, 3.05) is 11.4 Å². The molecule has 140 valence electrons. The number of carbonyl (C=O) groups is 1. The molecule has 3 aromatic rings. The zero-order valence-corrected chi connectivity index (χ0v) is 15.6. The Morgan fingerprint density at radius 1 is 1.11 bits per heavy atom. The number of alkyl halides is 3. The van der Waals surface area contributed by atoms with Crippen molar-refractivity contribution >= 4 is 38.5 Å². The van der Waals surface area contributed by atoms with Gasteiger partial charge in [0.15, 0.2) is 0 Å². The number of nitrogens with zero attached hydrogens (tertiary/aromatic N) is 1. The zero-order chi connectivity index (χ0) is 19.8. The second-order valence-electron chi connectivity index (χ2n) is 5.70. The van der Waals surface area contributed by atoms with Gasteiger partial charge in [-0.1, -0.05) is 40.2 Å². The largest absolute Gasteiger partial charge is 0.471 e. The maximum absolute atomic E-state index is 12.8. The van der Waals surface area contributed by atoms with E-state index in [1.54, 1.807) is 30.3 Å². The van der Waals surface area contributed by atoms with Gasteiger partial charge in [0.1, 0.15) is 5.58 Å². The minimum absolute atomic E-state index is 0.0700. The standard InChI is InChI=1S/C19H13BrF3NO3/c1-2-24(18(26)19(21,22)23)12-7-8-13(15(20)10-12)14-9-11-5-3-4-6-16(11)27-17(14)25/h3-10H,2H2,1H3. The normalized spacial score (nSPS) is 11.6. The van der Waals surface area contributed by atoms with Crippen molar-refractivity contribution in [3.63, 3.8) is 0 Å². The van der Waals surface area contributed by atoms with Crippen LogP contribution in [-0.4, -0.2) is 18.6 Å². The van der Waals surface area contributed by atoms with Gasteiger partial charge in [0.2, 0.25) is 0 Å². The molecule has 0 aliphatic carbocycles. The minimum atomic E-state index is -4.97. The summed E-state index contributed by atoms with van der Waals surface area (Å²) in [5.41, 5.74) is 0.652. The number of anilines is 1. The SMILES string of the molecule is CCN(C(=O)C(F)(F)F)c1ccc(-c2cc3ccccc3oc2=O)c(Br)c1. The van der Waals surface area contributed by atoms with E-state index in [0.717, 1.165) is 0 Å². The van der Waals surface area contributed by atoms with E-state index < -0.39 is 17.7 Å². The van der Waals surface area contributed by atoms with Gasteiger partial charge in [-0.25, -0.2) is 4.79 Å². The summed E-state index contributed by atoms with van der Waals surface area (Å²) in [7, 11) is 0. The van der Waals surface area contributed by atoms with Crippen LogP contribution in [0.3, 0.4) is 0 Å². The number of halogens is 4. The van der Waals surface area contributed by atoms with E-state index in [1.807, 2.05) is 0 Å². The van der Waals surface area contributed by atoms with Gasteiger partial charge >= 0.3 is 17.7 Å². The molecule has 4 nitrogen and oxygen atoms in total. The van der Waals surface area contributed by atoms with E-state index in [2.05, 4.69) is 15.9 Å². The Balaban J connectivity index is 2.06. The number of fused-ring (bicyclic) bond motifs is 1. The minimum Gasteiger partial charge on any atom is -0.422 e. The summed E-state index contributed by atoms with van der Waals surface area (Å²) in [6, 6.07) is 12.9. The van der Waals surface area contributed by atoms with Crippen LogP contribution in [0.25, 0.3) is 22.1 Å². The van der Waals surface area contributed by atoms with Crippen molar-refractivity contribution in [1.29, 1.82) is 0 Å². The van der Waals surface area contributed by atoms with Crippen molar-refractivity contribution in [1.82, 2.24) is 0 Å². The molecule has 0 aliphatic heterocycles. The molecule has 0 spiro atoms. The third kappa shape index (κ3) is 3.75. The number of carbonyl (C=O) groups excluding carboxylic acids is 1. The fraction of sp³-hybridized carbons (Fsp3) is 0.158. The van der Waals surface area contributed by atoms with Crippen molar-refractivity contribution < 1.29 is 22.4 Å². The summed E-state index contributed by atoms with van der Waals surface area (Å²) in [5.74, 6) is -1.95. The van der Waals surface area contributed by atoms with E-state index in [0.29, 0.717) is 25.9 Å². The average molecular weight is 440 g/mol. The molecule has 0 saturated heterocycles. The summed E-state index contributed by atoms with van der Waals surface area (Å²) in [4.78, 5) is 24.5. The molecule has 3 rings (SSSR count). The second-order valence-corrected chi connectivity index (χ2v) is 6.55. The van der Waals surface area contributed by atoms with E-state index in [9.17, 15) is 22.8 Å². The van der Waals surface area contributed by atoms with Gasteiger partial charge in [0.05, 0.1) is 5.56 Å². The number of rotatable bonds is 3. The Morgan fingerprint density at radius 2 is 1.81 bits per heavy atom. The molecule has 0 bridgehead atoms. The lowest BCUT2D eigenvalue weighted by molar-refractivity contribution is -0.170. The lowest BCUT2D eigenvalue weighted by atomic mass is 10.1. The molecule has 0 aliphatic rings. The second kappa shape index (κ2) is 7.19. The first-order valence-electron chi connectivity index (χ1n) is 7.94. The van der Waals surface area contributed by atoms with Gasteiger partial charge in [0, 0.05) is 27.7 Å². The summed E-state index contributed by atoms with van der Waals surface area (Å²) >= 11 is 3.28. The monoisotopic (exact) mass is 439 g/mol. The van der Waals surface area contributed by atoms with Crippen LogP contribution in [0, 0.1) is 0 Å². The maximum atomic E-state index is 12.8. The predicted molar refractivity (Wildman–Crippen MR) is 99.7 cm³/mol. The molecular formula is C19H13BrF3NO3. The molecule has 1 aromatic heterocycles. The van der Waals surface area contributed by atoms with Gasteiger partial charge in [0.25, 0.3) is 0 Å². The molecule has 1 amide bonds. The smallest absolute Gasteiger partial charge is 0.422 e. The molecule has 0 atom stereocenters. The van der Waals surface area contributed by atoms with Crippen LogP contribution >= 0.6 is 15.9 Å². The van der Waals surface area contributed by atoms with E-state index in [4.69, 9.17) is 4.42 Å².